The first kappa shape index (κ1) is 16.4. The SMILES string of the molecule is CCC(NC(=O)c1nc(N)nc2c1CCCC2)c1cc(C)ccn1. The zero-order valence-electron chi connectivity index (χ0n) is 14.2. The molecule has 0 saturated carbocycles. The van der Waals surface area contributed by atoms with E-state index in [4.69, 9.17) is 5.73 Å². The quantitative estimate of drug-likeness (QED) is 0.901. The van der Waals surface area contributed by atoms with E-state index in [9.17, 15) is 4.79 Å². The van der Waals surface area contributed by atoms with Crippen molar-refractivity contribution in [1.29, 1.82) is 0 Å². The number of fused-ring (bicyclic) bond motifs is 1. The van der Waals surface area contributed by atoms with E-state index in [1.807, 2.05) is 26.0 Å². The maximum Gasteiger partial charge on any atom is 0.270 e. The van der Waals surface area contributed by atoms with Gasteiger partial charge in [0.1, 0.15) is 5.69 Å². The number of hydrogen-bond acceptors (Lipinski definition) is 5. The molecular weight excluding hydrogens is 302 g/mol. The summed E-state index contributed by atoms with van der Waals surface area (Å²) < 4.78 is 0. The third-order valence-electron chi connectivity index (χ3n) is 4.42. The molecule has 0 saturated heterocycles. The molecule has 2 heterocycles. The van der Waals surface area contributed by atoms with Gasteiger partial charge < -0.3 is 11.1 Å². The maximum atomic E-state index is 12.8. The highest BCUT2D eigenvalue weighted by molar-refractivity contribution is 5.94. The summed E-state index contributed by atoms with van der Waals surface area (Å²) in [5, 5.41) is 3.06. The van der Waals surface area contributed by atoms with Gasteiger partial charge in [-0.05, 0) is 56.7 Å². The molecule has 0 aliphatic heterocycles. The van der Waals surface area contributed by atoms with Crippen LogP contribution in [0.5, 0.6) is 0 Å². The minimum atomic E-state index is -0.197. The molecule has 1 unspecified atom stereocenters. The Bertz CT molecular complexity index is 759. The van der Waals surface area contributed by atoms with Crippen LogP contribution in [0.25, 0.3) is 0 Å². The van der Waals surface area contributed by atoms with E-state index in [1.54, 1.807) is 6.20 Å². The predicted octanol–water partition coefficient (Wildman–Crippen LogP) is 2.52. The third-order valence-corrected chi connectivity index (χ3v) is 4.42. The average Bonchev–Trinajstić information content (AvgIpc) is 2.58. The fourth-order valence-corrected chi connectivity index (χ4v) is 3.16. The number of aryl methyl sites for hydroxylation is 2. The van der Waals surface area contributed by atoms with Crippen molar-refractivity contribution in [2.45, 2.75) is 52.0 Å². The van der Waals surface area contributed by atoms with Gasteiger partial charge >= 0.3 is 0 Å². The number of nitrogen functional groups attached to an aromatic ring is 1. The van der Waals surface area contributed by atoms with Gasteiger partial charge in [0.25, 0.3) is 5.91 Å². The van der Waals surface area contributed by atoms with E-state index in [1.165, 1.54) is 0 Å². The zero-order chi connectivity index (χ0) is 17.1. The Morgan fingerprint density at radius 2 is 2.12 bits per heavy atom. The number of carbonyl (C=O) groups excluding carboxylic acids is 1. The zero-order valence-corrected chi connectivity index (χ0v) is 14.2. The van der Waals surface area contributed by atoms with Crippen LogP contribution < -0.4 is 11.1 Å². The summed E-state index contributed by atoms with van der Waals surface area (Å²) in [6.45, 7) is 4.04. The lowest BCUT2D eigenvalue weighted by Gasteiger charge is -2.20. The van der Waals surface area contributed by atoms with Crippen LogP contribution in [-0.4, -0.2) is 20.9 Å². The minimum Gasteiger partial charge on any atom is -0.368 e. The van der Waals surface area contributed by atoms with E-state index in [2.05, 4.69) is 20.3 Å². The van der Waals surface area contributed by atoms with Gasteiger partial charge in [-0.1, -0.05) is 6.92 Å². The highest BCUT2D eigenvalue weighted by atomic mass is 16.2. The molecule has 1 aliphatic carbocycles. The molecule has 126 valence electrons. The number of aromatic nitrogens is 3. The number of carbonyl (C=O) groups is 1. The summed E-state index contributed by atoms with van der Waals surface area (Å²) in [6, 6.07) is 3.80. The number of rotatable bonds is 4. The first-order valence-electron chi connectivity index (χ1n) is 8.47. The van der Waals surface area contributed by atoms with Crippen LogP contribution in [0.3, 0.4) is 0 Å². The van der Waals surface area contributed by atoms with Crippen LogP contribution in [0.15, 0.2) is 18.3 Å². The first-order chi connectivity index (χ1) is 11.6. The molecule has 1 amide bonds. The van der Waals surface area contributed by atoms with Crippen molar-refractivity contribution in [3.63, 3.8) is 0 Å². The van der Waals surface area contributed by atoms with Gasteiger partial charge in [-0.2, -0.15) is 0 Å². The highest BCUT2D eigenvalue weighted by Crippen LogP contribution is 2.24. The lowest BCUT2D eigenvalue weighted by molar-refractivity contribution is 0.0928. The molecule has 0 aromatic carbocycles. The van der Waals surface area contributed by atoms with Crippen LogP contribution in [-0.2, 0) is 12.8 Å². The normalized spacial score (nSPS) is 14.8. The van der Waals surface area contributed by atoms with Crippen molar-refractivity contribution < 1.29 is 4.79 Å². The summed E-state index contributed by atoms with van der Waals surface area (Å²) in [5.74, 6) is -0.0278. The van der Waals surface area contributed by atoms with Gasteiger partial charge in [-0.3, -0.25) is 9.78 Å². The molecule has 2 aromatic rings. The van der Waals surface area contributed by atoms with Crippen molar-refractivity contribution >= 4 is 11.9 Å². The van der Waals surface area contributed by atoms with E-state index in [0.29, 0.717) is 5.69 Å². The van der Waals surface area contributed by atoms with Crippen molar-refractivity contribution in [2.75, 3.05) is 5.73 Å². The number of nitrogens with two attached hydrogens (primary N) is 1. The number of anilines is 1. The number of hydrogen-bond donors (Lipinski definition) is 2. The standard InChI is InChI=1S/C18H23N5O/c1-3-13(15-10-11(2)8-9-20-15)21-17(24)16-12-6-4-5-7-14(12)22-18(19)23-16/h8-10,13H,3-7H2,1-2H3,(H,21,24)(H2,19,22,23). The molecule has 24 heavy (non-hydrogen) atoms. The fraction of sp³-hybridized carbons (Fsp3) is 0.444. The summed E-state index contributed by atoms with van der Waals surface area (Å²) in [5.41, 5.74) is 10.1. The smallest absolute Gasteiger partial charge is 0.270 e. The third kappa shape index (κ3) is 3.37. The monoisotopic (exact) mass is 325 g/mol. The number of nitrogens with one attached hydrogen (secondary N) is 1. The summed E-state index contributed by atoms with van der Waals surface area (Å²) in [6.07, 6.45) is 6.35. The van der Waals surface area contributed by atoms with Crippen LogP contribution in [0, 0.1) is 6.92 Å². The van der Waals surface area contributed by atoms with E-state index in [-0.39, 0.29) is 17.9 Å². The van der Waals surface area contributed by atoms with Gasteiger partial charge in [0.15, 0.2) is 0 Å². The molecule has 0 bridgehead atoms. The van der Waals surface area contributed by atoms with Crippen molar-refractivity contribution in [3.8, 4) is 0 Å². The lowest BCUT2D eigenvalue weighted by Crippen LogP contribution is -2.31. The Morgan fingerprint density at radius 3 is 2.88 bits per heavy atom. The lowest BCUT2D eigenvalue weighted by atomic mass is 9.94. The molecule has 1 atom stereocenters. The largest absolute Gasteiger partial charge is 0.368 e. The fourth-order valence-electron chi connectivity index (χ4n) is 3.16. The van der Waals surface area contributed by atoms with Crippen molar-refractivity contribution in [1.82, 2.24) is 20.3 Å². The van der Waals surface area contributed by atoms with E-state index >= 15 is 0 Å². The molecule has 2 aromatic heterocycles. The molecule has 0 fully saturated rings. The Morgan fingerprint density at radius 1 is 1.33 bits per heavy atom. The minimum absolute atomic E-state index is 0.146. The first-order valence-corrected chi connectivity index (χ1v) is 8.47. The molecule has 0 radical (unpaired) electrons. The van der Waals surface area contributed by atoms with Crippen LogP contribution >= 0.6 is 0 Å². The second-order valence-electron chi connectivity index (χ2n) is 6.26. The van der Waals surface area contributed by atoms with Crippen molar-refractivity contribution in [3.05, 3.63) is 46.5 Å². The van der Waals surface area contributed by atoms with Gasteiger partial charge in [0.2, 0.25) is 5.95 Å². The molecular formula is C18H23N5O. The van der Waals surface area contributed by atoms with E-state index < -0.39 is 0 Å². The van der Waals surface area contributed by atoms with Gasteiger partial charge in [0.05, 0.1) is 11.7 Å². The maximum absolute atomic E-state index is 12.8. The second kappa shape index (κ2) is 6.95. The van der Waals surface area contributed by atoms with Gasteiger partial charge in [-0.25, -0.2) is 9.97 Å². The Labute approximate surface area is 141 Å². The molecule has 3 rings (SSSR count). The average molecular weight is 325 g/mol. The number of amides is 1. The Balaban J connectivity index is 1.88. The predicted molar refractivity (Wildman–Crippen MR) is 92.6 cm³/mol. The number of nitrogens with zero attached hydrogens (tertiary/aromatic N) is 3. The van der Waals surface area contributed by atoms with Crippen LogP contribution in [0.1, 0.15) is 65.2 Å². The Hall–Kier alpha value is -2.50. The topological polar surface area (TPSA) is 93.8 Å². The molecule has 6 nitrogen and oxygen atoms in total. The molecule has 0 spiro atoms. The molecule has 6 heteroatoms. The summed E-state index contributed by atoms with van der Waals surface area (Å²) in [4.78, 5) is 25.7. The highest BCUT2D eigenvalue weighted by Gasteiger charge is 2.24. The van der Waals surface area contributed by atoms with Gasteiger partial charge in [-0.15, -0.1) is 0 Å². The summed E-state index contributed by atoms with van der Waals surface area (Å²) >= 11 is 0. The molecule has 3 N–H and O–H groups in total. The number of pyridine rings is 1. The van der Waals surface area contributed by atoms with Gasteiger partial charge in [0, 0.05) is 17.5 Å². The molecule has 1 aliphatic rings. The Kier molecular flexibility index (Phi) is 4.74. The second-order valence-corrected chi connectivity index (χ2v) is 6.26. The van der Waals surface area contributed by atoms with Crippen molar-refractivity contribution in [2.24, 2.45) is 0 Å². The van der Waals surface area contributed by atoms with Crippen LogP contribution in [0.4, 0.5) is 5.95 Å². The summed E-state index contributed by atoms with van der Waals surface area (Å²) in [7, 11) is 0. The van der Waals surface area contributed by atoms with Crippen LogP contribution in [0.2, 0.25) is 0 Å². The van der Waals surface area contributed by atoms with E-state index in [0.717, 1.165) is 54.6 Å².